The highest BCUT2D eigenvalue weighted by atomic mass is 16.7. The highest BCUT2D eigenvalue weighted by Gasteiger charge is 2.07. The molecule has 4 nitrogen and oxygen atoms in total. The number of nitrogens with zero attached hydrogens (tertiary/aromatic N) is 2. The number of rotatable bonds is 0. The van der Waals surface area contributed by atoms with Crippen molar-refractivity contribution in [3.8, 4) is 0 Å². The molecular formula is C3H4N2O2. The van der Waals surface area contributed by atoms with E-state index in [0.717, 1.165) is 0 Å². The monoisotopic (exact) mass is 100 g/mol. The topological polar surface area (TPSA) is 52.1 Å². The predicted octanol–water partition coefficient (Wildman–Crippen LogP) is -0.533. The van der Waals surface area contributed by atoms with E-state index in [0.29, 0.717) is 6.42 Å². The molecule has 1 aliphatic heterocycles. The molecule has 0 aromatic heterocycles. The van der Waals surface area contributed by atoms with Crippen molar-refractivity contribution in [1.82, 2.24) is 0 Å². The Balaban J connectivity index is 2.78. The fraction of sp³-hybridized carbons (Fsp3) is 0.333. The molecule has 1 rings (SSSR count). The smallest absolute Gasteiger partial charge is 0.239 e. The van der Waals surface area contributed by atoms with Crippen molar-refractivity contribution in [2.24, 2.45) is 0 Å². The van der Waals surface area contributed by atoms with Crippen molar-refractivity contribution in [1.29, 1.82) is 0 Å². The first-order valence-corrected chi connectivity index (χ1v) is 1.90. The second-order valence-corrected chi connectivity index (χ2v) is 1.21. The lowest BCUT2D eigenvalue weighted by molar-refractivity contribution is -1.05. The lowest BCUT2D eigenvalue weighted by Crippen LogP contribution is -2.09. The maximum Gasteiger partial charge on any atom is 0.239 e. The van der Waals surface area contributed by atoms with Gasteiger partial charge in [-0.05, 0) is 0 Å². The van der Waals surface area contributed by atoms with Gasteiger partial charge in [-0.1, -0.05) is 0 Å². The molecule has 0 aliphatic carbocycles. The van der Waals surface area contributed by atoms with Gasteiger partial charge in [0.2, 0.25) is 12.4 Å². The fourth-order valence-corrected chi connectivity index (χ4v) is 0.388. The van der Waals surface area contributed by atoms with E-state index in [4.69, 9.17) is 0 Å². The van der Waals surface area contributed by atoms with Gasteiger partial charge in [0.25, 0.3) is 0 Å². The van der Waals surface area contributed by atoms with Gasteiger partial charge in [-0.3, -0.25) is 0 Å². The van der Waals surface area contributed by atoms with Crippen molar-refractivity contribution in [2.45, 2.75) is 6.42 Å². The van der Waals surface area contributed by atoms with Crippen LogP contribution in [0.15, 0.2) is 0 Å². The minimum atomic E-state index is 0.250. The number of hydrazine groups is 1. The van der Waals surface area contributed by atoms with E-state index >= 15 is 0 Å². The van der Waals surface area contributed by atoms with Crippen molar-refractivity contribution in [3.05, 3.63) is 10.4 Å². The Kier molecular flexibility index (Phi) is 0.714. The summed E-state index contributed by atoms with van der Waals surface area (Å²) in [5, 5.41) is 20.0. The highest BCUT2D eigenvalue weighted by Crippen LogP contribution is 1.80. The molecule has 0 N–H and O–H groups in total. The van der Waals surface area contributed by atoms with Crippen LogP contribution in [0.2, 0.25) is 0 Å². The van der Waals surface area contributed by atoms with Crippen LogP contribution in [0.4, 0.5) is 0 Å². The summed E-state index contributed by atoms with van der Waals surface area (Å²) in [6.45, 7) is 0. The average Bonchev–Trinajstić information content (AvgIpc) is 1.91. The number of hydrogen-bond acceptors (Lipinski definition) is 2. The zero-order chi connectivity index (χ0) is 5.28. The van der Waals surface area contributed by atoms with Crippen LogP contribution >= 0.6 is 0 Å². The Labute approximate surface area is 40.1 Å². The second-order valence-electron chi connectivity index (χ2n) is 1.21. The Morgan fingerprint density at radius 3 is 1.71 bits per heavy atom. The van der Waals surface area contributed by atoms with E-state index in [9.17, 15) is 10.4 Å². The first-order valence-electron chi connectivity index (χ1n) is 1.90. The van der Waals surface area contributed by atoms with Gasteiger partial charge in [0.05, 0.1) is 9.70 Å². The molecular weight excluding hydrogens is 96.0 g/mol. The van der Waals surface area contributed by atoms with Gasteiger partial charge in [0.15, 0.2) is 0 Å². The second kappa shape index (κ2) is 1.22. The first-order chi connectivity index (χ1) is 3.30. The molecule has 0 saturated carbocycles. The zero-order valence-corrected chi connectivity index (χ0v) is 3.57. The summed E-state index contributed by atoms with van der Waals surface area (Å²) < 4.78 is 0. The van der Waals surface area contributed by atoms with Gasteiger partial charge in [-0.2, -0.15) is 0 Å². The summed E-state index contributed by atoms with van der Waals surface area (Å²) in [5.74, 6) is 0. The molecule has 0 amide bonds. The van der Waals surface area contributed by atoms with Gasteiger partial charge < -0.3 is 10.4 Å². The predicted molar refractivity (Wildman–Crippen MR) is 24.0 cm³/mol. The lowest BCUT2D eigenvalue weighted by atomic mass is 10.5. The molecule has 0 aromatic rings. The molecule has 0 spiro atoms. The Morgan fingerprint density at radius 2 is 1.57 bits per heavy atom. The first kappa shape index (κ1) is 4.11. The Hall–Kier alpha value is -1.06. The van der Waals surface area contributed by atoms with Crippen molar-refractivity contribution >= 4 is 12.4 Å². The summed E-state index contributed by atoms with van der Waals surface area (Å²) in [7, 11) is 0. The molecule has 0 atom stereocenters. The molecule has 4 heteroatoms. The average molecular weight is 100 g/mol. The van der Waals surface area contributed by atoms with Crippen LogP contribution in [-0.2, 0) is 0 Å². The van der Waals surface area contributed by atoms with Crippen molar-refractivity contribution < 1.29 is 9.70 Å². The van der Waals surface area contributed by atoms with Crippen LogP contribution in [0, 0.1) is 10.4 Å². The lowest BCUT2D eigenvalue weighted by Gasteiger charge is -1.91. The van der Waals surface area contributed by atoms with Gasteiger partial charge in [-0.25, -0.2) is 0 Å². The van der Waals surface area contributed by atoms with Crippen LogP contribution in [0.3, 0.4) is 0 Å². The van der Waals surface area contributed by atoms with E-state index < -0.39 is 0 Å². The van der Waals surface area contributed by atoms with Crippen molar-refractivity contribution in [2.75, 3.05) is 0 Å². The molecule has 0 fully saturated rings. The van der Waals surface area contributed by atoms with Gasteiger partial charge in [0, 0.05) is 0 Å². The third kappa shape index (κ3) is 0.534. The van der Waals surface area contributed by atoms with Crippen LogP contribution < -0.4 is 0 Å². The molecule has 1 heterocycles. The van der Waals surface area contributed by atoms with Crippen LogP contribution in [0.1, 0.15) is 6.42 Å². The van der Waals surface area contributed by atoms with Gasteiger partial charge >= 0.3 is 0 Å². The number of hydrogen-bond donors (Lipinski definition) is 0. The largest absolute Gasteiger partial charge is 0.562 e. The maximum atomic E-state index is 10.0. The van der Waals surface area contributed by atoms with Gasteiger partial charge in [-0.15, -0.1) is 0 Å². The third-order valence-electron chi connectivity index (χ3n) is 0.717. The van der Waals surface area contributed by atoms with Crippen LogP contribution in [0.25, 0.3) is 0 Å². The van der Waals surface area contributed by atoms with Crippen LogP contribution in [0.5, 0.6) is 0 Å². The summed E-state index contributed by atoms with van der Waals surface area (Å²) in [5.41, 5.74) is 0. The summed E-state index contributed by atoms with van der Waals surface area (Å²) in [4.78, 5) is 0.500. The van der Waals surface area contributed by atoms with Crippen molar-refractivity contribution in [3.63, 3.8) is 0 Å². The van der Waals surface area contributed by atoms with E-state index in [-0.39, 0.29) is 9.70 Å². The molecule has 0 aromatic carbocycles. The molecule has 0 unspecified atom stereocenters. The van der Waals surface area contributed by atoms with Crippen LogP contribution in [-0.4, -0.2) is 22.1 Å². The van der Waals surface area contributed by atoms with Gasteiger partial charge in [0.1, 0.15) is 6.42 Å². The summed E-state index contributed by atoms with van der Waals surface area (Å²) >= 11 is 0. The van der Waals surface area contributed by atoms with E-state index in [2.05, 4.69) is 0 Å². The molecule has 7 heavy (non-hydrogen) atoms. The fourth-order valence-electron chi connectivity index (χ4n) is 0.388. The standard InChI is InChI=1S/C3H4N2O2/c6-4-2-1-3-5(4)7/h2-3H,1H2. The molecule has 0 bridgehead atoms. The van der Waals surface area contributed by atoms with E-state index in [1.54, 1.807) is 0 Å². The highest BCUT2D eigenvalue weighted by molar-refractivity contribution is 5.75. The quantitative estimate of drug-likeness (QED) is 0.303. The molecule has 0 radical (unpaired) electrons. The molecule has 1 aliphatic rings. The minimum absolute atomic E-state index is 0.250. The Bertz CT molecular complexity index is 122. The zero-order valence-electron chi connectivity index (χ0n) is 3.57. The van der Waals surface area contributed by atoms with E-state index in [1.807, 2.05) is 0 Å². The minimum Gasteiger partial charge on any atom is -0.562 e. The molecule has 0 saturated heterocycles. The Morgan fingerprint density at radius 1 is 1.14 bits per heavy atom. The maximum absolute atomic E-state index is 10.0. The summed E-state index contributed by atoms with van der Waals surface area (Å²) in [6, 6.07) is 0. The van der Waals surface area contributed by atoms with E-state index in [1.165, 1.54) is 12.4 Å². The third-order valence-corrected chi connectivity index (χ3v) is 0.717. The molecule has 38 valence electrons. The SMILES string of the molecule is [O-][N+]1=CCC=[N+]1[O-]. The number of hydrazone groups is 2. The summed E-state index contributed by atoms with van der Waals surface area (Å²) in [6.07, 6.45) is 2.97. The normalized spacial score (nSPS) is 18.9.